The highest BCUT2D eigenvalue weighted by Gasteiger charge is 2.35. The molecule has 1 unspecified atom stereocenters. The van der Waals surface area contributed by atoms with Crippen LogP contribution in [0.3, 0.4) is 0 Å². The second-order valence-corrected chi connectivity index (χ2v) is 7.19. The van der Waals surface area contributed by atoms with E-state index >= 15 is 0 Å². The lowest BCUT2D eigenvalue weighted by Crippen LogP contribution is -2.28. The number of H-pyrrole nitrogens is 1. The fourth-order valence-electron chi connectivity index (χ4n) is 3.06. The Morgan fingerprint density at radius 1 is 1.32 bits per heavy atom. The van der Waals surface area contributed by atoms with Gasteiger partial charge in [-0.1, -0.05) is 18.7 Å². The maximum atomic E-state index is 12.9. The topological polar surface area (TPSA) is 110 Å². The van der Waals surface area contributed by atoms with E-state index in [-0.39, 0.29) is 23.4 Å². The molecule has 0 fully saturated rings. The molecule has 0 spiro atoms. The van der Waals surface area contributed by atoms with Crippen LogP contribution in [0.25, 0.3) is 0 Å². The molecule has 1 amide bonds. The summed E-state index contributed by atoms with van der Waals surface area (Å²) in [7, 11) is 0. The van der Waals surface area contributed by atoms with Crippen molar-refractivity contribution in [1.29, 1.82) is 0 Å². The van der Waals surface area contributed by atoms with Gasteiger partial charge >= 0.3 is 5.69 Å². The molecule has 0 saturated carbocycles. The van der Waals surface area contributed by atoms with Crippen molar-refractivity contribution >= 4 is 23.4 Å². The first-order valence-corrected chi connectivity index (χ1v) is 9.90. The lowest BCUT2D eigenvalue weighted by Gasteiger charge is -2.19. The molecule has 0 aromatic carbocycles. The Labute approximate surface area is 164 Å². The van der Waals surface area contributed by atoms with Gasteiger partial charge in [-0.3, -0.25) is 9.36 Å². The highest BCUT2D eigenvalue weighted by Crippen LogP contribution is 2.33. The van der Waals surface area contributed by atoms with Crippen LogP contribution in [0.15, 0.2) is 60.7 Å². The molecule has 4 heterocycles. The van der Waals surface area contributed by atoms with E-state index in [1.807, 2.05) is 19.1 Å². The number of carbonyl (C=O) groups is 1. The predicted octanol–water partition coefficient (Wildman–Crippen LogP) is 2.64. The van der Waals surface area contributed by atoms with E-state index in [9.17, 15) is 9.59 Å². The molecule has 146 valence electrons. The van der Waals surface area contributed by atoms with Gasteiger partial charge in [0.05, 0.1) is 18.3 Å². The van der Waals surface area contributed by atoms with Gasteiger partial charge in [0, 0.05) is 13.0 Å². The molecule has 1 aliphatic rings. The molecule has 3 aromatic rings. The van der Waals surface area contributed by atoms with E-state index in [4.69, 9.17) is 8.83 Å². The Hall–Kier alpha value is -3.01. The van der Waals surface area contributed by atoms with Crippen LogP contribution in [0.1, 0.15) is 37.3 Å². The molecule has 0 radical (unpaired) electrons. The van der Waals surface area contributed by atoms with Crippen molar-refractivity contribution in [3.8, 4) is 0 Å². The Kier molecular flexibility index (Phi) is 5.20. The summed E-state index contributed by atoms with van der Waals surface area (Å²) in [5, 5.41) is 12.8. The summed E-state index contributed by atoms with van der Waals surface area (Å²) in [5.74, 6) is 1.18. The quantitative estimate of drug-likeness (QED) is 0.610. The van der Waals surface area contributed by atoms with Crippen LogP contribution < -0.4 is 5.69 Å². The number of furan rings is 2. The lowest BCUT2D eigenvalue weighted by molar-refractivity contribution is -0.130. The van der Waals surface area contributed by atoms with Crippen LogP contribution in [0.5, 0.6) is 0 Å². The molecule has 1 aliphatic heterocycles. The number of thioether (sulfide) groups is 1. The van der Waals surface area contributed by atoms with Crippen molar-refractivity contribution in [2.45, 2.75) is 37.5 Å². The number of carbonyl (C=O) groups excluding carboxylic acids is 1. The maximum Gasteiger partial charge on any atom is 0.343 e. The average Bonchev–Trinajstić information content (AvgIpc) is 3.47. The van der Waals surface area contributed by atoms with Crippen LogP contribution in [0.4, 0.5) is 0 Å². The minimum atomic E-state index is -0.333. The van der Waals surface area contributed by atoms with Gasteiger partial charge in [0.15, 0.2) is 5.16 Å². The van der Waals surface area contributed by atoms with Gasteiger partial charge in [-0.15, -0.1) is 5.10 Å². The predicted molar refractivity (Wildman–Crippen MR) is 102 cm³/mol. The molecular weight excluding hydrogens is 382 g/mol. The van der Waals surface area contributed by atoms with Crippen molar-refractivity contribution < 1.29 is 13.6 Å². The van der Waals surface area contributed by atoms with Gasteiger partial charge in [-0.25, -0.2) is 14.9 Å². The summed E-state index contributed by atoms with van der Waals surface area (Å²) < 4.78 is 12.5. The Morgan fingerprint density at radius 2 is 2.14 bits per heavy atom. The van der Waals surface area contributed by atoms with Crippen molar-refractivity contribution in [1.82, 2.24) is 19.8 Å². The number of hydrogen-bond acceptors (Lipinski definition) is 7. The highest BCUT2D eigenvalue weighted by atomic mass is 32.2. The maximum absolute atomic E-state index is 12.9. The number of hydrogen-bond donors (Lipinski definition) is 1. The highest BCUT2D eigenvalue weighted by molar-refractivity contribution is 7.99. The van der Waals surface area contributed by atoms with E-state index < -0.39 is 0 Å². The number of aromatic amines is 1. The molecular formula is C18H19N5O4S. The minimum Gasteiger partial charge on any atom is -0.467 e. The fourth-order valence-corrected chi connectivity index (χ4v) is 3.89. The molecule has 28 heavy (non-hydrogen) atoms. The van der Waals surface area contributed by atoms with E-state index in [2.05, 4.69) is 15.3 Å². The molecule has 10 heteroatoms. The SMILES string of the molecule is CCCn1c(SCC(=O)N2N=C(c3ccco3)CC2c2ccco2)n[nH]c1=O. The number of hydrazone groups is 1. The van der Waals surface area contributed by atoms with Gasteiger partial charge in [0.25, 0.3) is 5.91 Å². The summed E-state index contributed by atoms with van der Waals surface area (Å²) in [6.07, 6.45) is 4.44. The standard InChI is InChI=1S/C18H19N5O4S/c1-2-7-22-17(25)19-20-18(22)28-11-16(24)23-13(15-6-4-9-27-15)10-12(21-23)14-5-3-8-26-14/h3-6,8-9,13H,2,7,10-11H2,1H3,(H,19,25). The van der Waals surface area contributed by atoms with Crippen LogP contribution >= 0.6 is 11.8 Å². The molecule has 4 rings (SSSR count). The summed E-state index contributed by atoms with van der Waals surface area (Å²) >= 11 is 1.21. The van der Waals surface area contributed by atoms with Crippen LogP contribution in [-0.2, 0) is 11.3 Å². The zero-order valence-corrected chi connectivity index (χ0v) is 16.0. The molecule has 0 saturated heterocycles. The molecule has 1 atom stereocenters. The van der Waals surface area contributed by atoms with E-state index in [1.54, 1.807) is 24.7 Å². The van der Waals surface area contributed by atoms with Crippen molar-refractivity contribution in [2.24, 2.45) is 5.10 Å². The Balaban J connectivity index is 1.53. The van der Waals surface area contributed by atoms with E-state index in [0.29, 0.717) is 35.4 Å². The first-order chi connectivity index (χ1) is 13.7. The van der Waals surface area contributed by atoms with E-state index in [0.717, 1.165) is 6.42 Å². The van der Waals surface area contributed by atoms with Gasteiger partial charge in [0.1, 0.15) is 23.3 Å². The fraction of sp³-hybridized carbons (Fsp3) is 0.333. The number of nitrogens with zero attached hydrogens (tertiary/aromatic N) is 4. The van der Waals surface area contributed by atoms with Crippen molar-refractivity contribution in [3.63, 3.8) is 0 Å². The second-order valence-electron chi connectivity index (χ2n) is 6.25. The van der Waals surface area contributed by atoms with Gasteiger partial charge in [0.2, 0.25) is 0 Å². The largest absolute Gasteiger partial charge is 0.467 e. The number of amides is 1. The summed E-state index contributed by atoms with van der Waals surface area (Å²) in [6, 6.07) is 6.87. The Bertz CT molecular complexity index is 1020. The molecule has 0 aliphatic carbocycles. The smallest absolute Gasteiger partial charge is 0.343 e. The second kappa shape index (κ2) is 7.93. The van der Waals surface area contributed by atoms with Crippen LogP contribution in [-0.4, -0.2) is 37.1 Å². The lowest BCUT2D eigenvalue weighted by atomic mass is 10.1. The monoisotopic (exact) mass is 401 g/mol. The number of aromatic nitrogens is 3. The number of rotatable bonds is 7. The third-order valence-corrected chi connectivity index (χ3v) is 5.30. The Morgan fingerprint density at radius 3 is 2.86 bits per heavy atom. The number of nitrogens with one attached hydrogen (secondary N) is 1. The first kappa shape index (κ1) is 18.4. The third-order valence-electron chi connectivity index (χ3n) is 4.34. The molecule has 9 nitrogen and oxygen atoms in total. The van der Waals surface area contributed by atoms with Gasteiger partial charge < -0.3 is 8.83 Å². The van der Waals surface area contributed by atoms with Gasteiger partial charge in [-0.2, -0.15) is 5.10 Å². The third kappa shape index (κ3) is 3.55. The molecule has 0 bridgehead atoms. The van der Waals surface area contributed by atoms with Crippen LogP contribution in [0, 0.1) is 0 Å². The van der Waals surface area contributed by atoms with Crippen molar-refractivity contribution in [2.75, 3.05) is 5.75 Å². The average molecular weight is 401 g/mol. The molecule has 1 N–H and O–H groups in total. The van der Waals surface area contributed by atoms with E-state index in [1.165, 1.54) is 21.3 Å². The van der Waals surface area contributed by atoms with Gasteiger partial charge in [-0.05, 0) is 30.7 Å². The zero-order chi connectivity index (χ0) is 19.5. The zero-order valence-electron chi connectivity index (χ0n) is 15.2. The summed E-state index contributed by atoms with van der Waals surface area (Å²) in [5.41, 5.74) is 0.414. The molecule has 3 aromatic heterocycles. The summed E-state index contributed by atoms with van der Waals surface area (Å²) in [6.45, 7) is 2.52. The normalized spacial score (nSPS) is 16.5. The van der Waals surface area contributed by atoms with Crippen LogP contribution in [0.2, 0.25) is 0 Å². The van der Waals surface area contributed by atoms with Crippen molar-refractivity contribution in [3.05, 3.63) is 58.8 Å². The summed E-state index contributed by atoms with van der Waals surface area (Å²) in [4.78, 5) is 24.7. The first-order valence-electron chi connectivity index (χ1n) is 8.92. The minimum absolute atomic E-state index is 0.0974.